The maximum Gasteiger partial charge on any atom is 0.134 e. The normalized spacial score (nSPS) is 11.1. The topological polar surface area (TPSA) is 25.2 Å². The van der Waals surface area contributed by atoms with Crippen LogP contribution >= 0.6 is 0 Å². The predicted octanol–water partition coefficient (Wildman–Crippen LogP) is 4.18. The molecular formula is C19H21NO. The van der Waals surface area contributed by atoms with E-state index < -0.39 is 0 Å². The van der Waals surface area contributed by atoms with Gasteiger partial charge in [0.1, 0.15) is 5.58 Å². The van der Waals surface area contributed by atoms with Crippen LogP contribution in [-0.2, 0) is 12.8 Å². The number of benzene rings is 2. The highest BCUT2D eigenvalue weighted by Gasteiger charge is 2.07. The Labute approximate surface area is 125 Å². The van der Waals surface area contributed by atoms with E-state index in [-0.39, 0.29) is 0 Å². The number of nitrogens with one attached hydrogen (secondary N) is 1. The van der Waals surface area contributed by atoms with E-state index in [1.165, 1.54) is 22.1 Å². The van der Waals surface area contributed by atoms with Crippen LogP contribution in [-0.4, -0.2) is 13.1 Å². The lowest BCUT2D eigenvalue weighted by Gasteiger charge is -2.03. The molecule has 3 rings (SSSR count). The Kier molecular flexibility index (Phi) is 4.37. The van der Waals surface area contributed by atoms with Gasteiger partial charge in [-0.1, -0.05) is 43.3 Å². The first-order valence-corrected chi connectivity index (χ1v) is 7.60. The molecule has 0 bridgehead atoms. The molecule has 0 saturated carbocycles. The summed E-state index contributed by atoms with van der Waals surface area (Å²) in [5.74, 6) is 0. The minimum absolute atomic E-state index is 0.967. The summed E-state index contributed by atoms with van der Waals surface area (Å²) in [7, 11) is 0. The minimum Gasteiger partial charge on any atom is -0.464 e. The third-order valence-corrected chi connectivity index (χ3v) is 3.79. The Morgan fingerprint density at radius 1 is 1.00 bits per heavy atom. The zero-order valence-corrected chi connectivity index (χ0v) is 12.4. The summed E-state index contributed by atoms with van der Waals surface area (Å²) >= 11 is 0. The highest BCUT2D eigenvalue weighted by molar-refractivity contribution is 5.81. The summed E-state index contributed by atoms with van der Waals surface area (Å²) in [6, 6.07) is 17.1. The van der Waals surface area contributed by atoms with Crippen molar-refractivity contribution in [1.29, 1.82) is 0 Å². The standard InChI is InChI=1S/C19H21NO/c1-2-20-11-10-17-14-21-19-9-8-16(13-18(17)19)12-15-6-4-3-5-7-15/h3-9,13-14,20H,2,10-12H2,1H3. The molecule has 1 aromatic heterocycles. The Balaban J connectivity index is 1.82. The van der Waals surface area contributed by atoms with Crippen LogP contribution in [0.4, 0.5) is 0 Å². The number of fused-ring (bicyclic) bond motifs is 1. The average Bonchev–Trinajstić information content (AvgIpc) is 2.91. The summed E-state index contributed by atoms with van der Waals surface area (Å²) < 4.78 is 5.66. The summed E-state index contributed by atoms with van der Waals surface area (Å²) in [5.41, 5.74) is 4.95. The third-order valence-electron chi connectivity index (χ3n) is 3.79. The van der Waals surface area contributed by atoms with Crippen LogP contribution in [0.1, 0.15) is 23.6 Å². The highest BCUT2D eigenvalue weighted by atomic mass is 16.3. The molecule has 0 aliphatic carbocycles. The smallest absolute Gasteiger partial charge is 0.134 e. The van der Waals surface area contributed by atoms with Gasteiger partial charge in [0.15, 0.2) is 0 Å². The largest absolute Gasteiger partial charge is 0.464 e. The molecule has 0 atom stereocenters. The Bertz CT molecular complexity index is 700. The van der Waals surface area contributed by atoms with Gasteiger partial charge in [0.05, 0.1) is 6.26 Å². The van der Waals surface area contributed by atoms with Crippen LogP contribution in [0.2, 0.25) is 0 Å². The lowest BCUT2D eigenvalue weighted by Crippen LogP contribution is -2.15. The van der Waals surface area contributed by atoms with Gasteiger partial charge in [-0.05, 0) is 54.8 Å². The van der Waals surface area contributed by atoms with Crippen LogP contribution in [0.15, 0.2) is 59.2 Å². The molecule has 0 unspecified atom stereocenters. The van der Waals surface area contributed by atoms with Crippen LogP contribution < -0.4 is 5.32 Å². The molecule has 3 aromatic rings. The summed E-state index contributed by atoms with van der Waals surface area (Å²) in [4.78, 5) is 0. The van der Waals surface area contributed by atoms with Crippen LogP contribution in [0, 0.1) is 0 Å². The lowest BCUT2D eigenvalue weighted by molar-refractivity contribution is 0.607. The van der Waals surface area contributed by atoms with E-state index in [0.717, 1.165) is 31.5 Å². The van der Waals surface area contributed by atoms with E-state index >= 15 is 0 Å². The highest BCUT2D eigenvalue weighted by Crippen LogP contribution is 2.24. The number of furan rings is 1. The lowest BCUT2D eigenvalue weighted by atomic mass is 10.0. The molecule has 0 amide bonds. The molecule has 0 spiro atoms. The summed E-state index contributed by atoms with van der Waals surface area (Å²) in [5, 5.41) is 4.62. The first-order valence-electron chi connectivity index (χ1n) is 7.60. The van der Waals surface area contributed by atoms with Gasteiger partial charge in [0.25, 0.3) is 0 Å². The molecule has 2 aromatic carbocycles. The third kappa shape index (κ3) is 3.34. The number of rotatable bonds is 6. The van der Waals surface area contributed by atoms with Crippen LogP contribution in [0.25, 0.3) is 11.0 Å². The van der Waals surface area contributed by atoms with Crippen molar-refractivity contribution in [2.24, 2.45) is 0 Å². The quantitative estimate of drug-likeness (QED) is 0.685. The Morgan fingerprint density at radius 3 is 2.67 bits per heavy atom. The van der Waals surface area contributed by atoms with Crippen molar-refractivity contribution in [2.75, 3.05) is 13.1 Å². The molecule has 0 radical (unpaired) electrons. The number of hydrogen-bond donors (Lipinski definition) is 1. The van der Waals surface area contributed by atoms with Gasteiger partial charge in [-0.3, -0.25) is 0 Å². The zero-order chi connectivity index (χ0) is 14.5. The van der Waals surface area contributed by atoms with Crippen molar-refractivity contribution < 1.29 is 4.42 Å². The van der Waals surface area contributed by atoms with Gasteiger partial charge < -0.3 is 9.73 Å². The van der Waals surface area contributed by atoms with E-state index in [0.29, 0.717) is 0 Å². The van der Waals surface area contributed by atoms with E-state index in [1.54, 1.807) is 0 Å². The van der Waals surface area contributed by atoms with Gasteiger partial charge in [-0.25, -0.2) is 0 Å². The molecule has 0 aliphatic rings. The van der Waals surface area contributed by atoms with Gasteiger partial charge in [0, 0.05) is 5.39 Å². The van der Waals surface area contributed by atoms with Crippen LogP contribution in [0.3, 0.4) is 0 Å². The molecule has 108 valence electrons. The van der Waals surface area contributed by atoms with E-state index in [2.05, 4.69) is 60.8 Å². The zero-order valence-electron chi connectivity index (χ0n) is 12.4. The van der Waals surface area contributed by atoms with Crippen molar-refractivity contribution in [3.63, 3.8) is 0 Å². The molecule has 21 heavy (non-hydrogen) atoms. The molecule has 2 nitrogen and oxygen atoms in total. The summed E-state index contributed by atoms with van der Waals surface area (Å²) in [6.45, 7) is 4.13. The second kappa shape index (κ2) is 6.59. The van der Waals surface area contributed by atoms with Gasteiger partial charge in [-0.2, -0.15) is 0 Å². The number of likely N-dealkylation sites (N-methyl/N-ethyl adjacent to an activating group) is 1. The molecule has 1 N–H and O–H groups in total. The van der Waals surface area contributed by atoms with Crippen molar-refractivity contribution in [1.82, 2.24) is 5.32 Å². The minimum atomic E-state index is 0.967. The SMILES string of the molecule is CCNCCc1coc2ccc(Cc3ccccc3)cc12. The van der Waals surface area contributed by atoms with E-state index in [4.69, 9.17) is 4.42 Å². The van der Waals surface area contributed by atoms with Crippen molar-refractivity contribution in [2.45, 2.75) is 19.8 Å². The fourth-order valence-electron chi connectivity index (χ4n) is 2.66. The maximum atomic E-state index is 5.66. The first kappa shape index (κ1) is 13.9. The number of hydrogen-bond acceptors (Lipinski definition) is 2. The van der Waals surface area contributed by atoms with Crippen molar-refractivity contribution in [3.05, 3.63) is 71.5 Å². The molecule has 1 heterocycles. The Hall–Kier alpha value is -2.06. The molecular weight excluding hydrogens is 258 g/mol. The van der Waals surface area contributed by atoms with Crippen LogP contribution in [0.5, 0.6) is 0 Å². The van der Waals surface area contributed by atoms with Gasteiger partial charge in [0.2, 0.25) is 0 Å². The predicted molar refractivity (Wildman–Crippen MR) is 87.7 cm³/mol. The monoisotopic (exact) mass is 279 g/mol. The first-order chi connectivity index (χ1) is 10.4. The van der Waals surface area contributed by atoms with E-state index in [1.807, 2.05) is 6.26 Å². The fraction of sp³-hybridized carbons (Fsp3) is 0.263. The van der Waals surface area contributed by atoms with E-state index in [9.17, 15) is 0 Å². The summed E-state index contributed by atoms with van der Waals surface area (Å²) in [6.07, 6.45) is 3.87. The van der Waals surface area contributed by atoms with Crippen molar-refractivity contribution >= 4 is 11.0 Å². The fourth-order valence-corrected chi connectivity index (χ4v) is 2.66. The maximum absolute atomic E-state index is 5.66. The molecule has 0 fully saturated rings. The van der Waals surface area contributed by atoms with Crippen molar-refractivity contribution in [3.8, 4) is 0 Å². The Morgan fingerprint density at radius 2 is 1.86 bits per heavy atom. The molecule has 2 heteroatoms. The molecule has 0 saturated heterocycles. The second-order valence-corrected chi connectivity index (χ2v) is 5.36. The second-order valence-electron chi connectivity index (χ2n) is 5.36. The van der Waals surface area contributed by atoms with Gasteiger partial charge in [-0.15, -0.1) is 0 Å². The van der Waals surface area contributed by atoms with Gasteiger partial charge >= 0.3 is 0 Å². The average molecular weight is 279 g/mol. The molecule has 0 aliphatic heterocycles.